The van der Waals surface area contributed by atoms with Gasteiger partial charge in [-0.1, -0.05) is 36.4 Å². The van der Waals surface area contributed by atoms with E-state index in [1.165, 1.54) is 6.92 Å². The Morgan fingerprint density at radius 2 is 1.70 bits per heavy atom. The van der Waals surface area contributed by atoms with Crippen molar-refractivity contribution in [2.75, 3.05) is 11.9 Å². The largest absolute Gasteiger partial charge is 0.483 e. The van der Waals surface area contributed by atoms with Gasteiger partial charge in [0.05, 0.1) is 5.56 Å². The molecule has 1 saturated carbocycles. The molecule has 1 aliphatic carbocycles. The minimum atomic E-state index is -0.376. The third kappa shape index (κ3) is 4.66. The van der Waals surface area contributed by atoms with Crippen molar-refractivity contribution in [2.45, 2.75) is 25.8 Å². The number of carbonyl (C=O) groups is 3. The van der Waals surface area contributed by atoms with Crippen LogP contribution in [0.1, 0.15) is 40.5 Å². The van der Waals surface area contributed by atoms with Gasteiger partial charge in [0, 0.05) is 17.3 Å². The van der Waals surface area contributed by atoms with Crippen LogP contribution in [0.4, 0.5) is 5.69 Å². The third-order valence-electron chi connectivity index (χ3n) is 4.92. The first-order valence-electron chi connectivity index (χ1n) is 9.87. The Bertz CT molecular complexity index is 1140. The van der Waals surface area contributed by atoms with E-state index in [0.29, 0.717) is 22.6 Å². The molecule has 6 heteroatoms. The van der Waals surface area contributed by atoms with E-state index in [1.54, 1.807) is 36.4 Å². The molecule has 30 heavy (non-hydrogen) atoms. The summed E-state index contributed by atoms with van der Waals surface area (Å²) < 4.78 is 5.73. The van der Waals surface area contributed by atoms with E-state index < -0.39 is 0 Å². The smallest absolute Gasteiger partial charge is 0.259 e. The molecule has 0 bridgehead atoms. The second kappa shape index (κ2) is 8.37. The van der Waals surface area contributed by atoms with Crippen molar-refractivity contribution in [1.29, 1.82) is 0 Å². The number of Topliss-reactive ketones (excluding diaryl/α,β-unsaturated/α-hetero) is 1. The van der Waals surface area contributed by atoms with E-state index in [-0.39, 0.29) is 30.2 Å². The van der Waals surface area contributed by atoms with Crippen LogP contribution < -0.4 is 15.4 Å². The van der Waals surface area contributed by atoms with Crippen molar-refractivity contribution in [3.63, 3.8) is 0 Å². The molecule has 2 N–H and O–H groups in total. The Morgan fingerprint density at radius 1 is 0.967 bits per heavy atom. The summed E-state index contributed by atoms with van der Waals surface area (Å²) in [6.45, 7) is 1.32. The van der Waals surface area contributed by atoms with E-state index >= 15 is 0 Å². The molecule has 0 aliphatic heterocycles. The minimum Gasteiger partial charge on any atom is -0.483 e. The lowest BCUT2D eigenvalue weighted by molar-refractivity contribution is -0.123. The molecule has 1 aliphatic rings. The lowest BCUT2D eigenvalue weighted by Crippen LogP contribution is -2.30. The first-order chi connectivity index (χ1) is 14.5. The van der Waals surface area contributed by atoms with Crippen LogP contribution in [0.3, 0.4) is 0 Å². The summed E-state index contributed by atoms with van der Waals surface area (Å²) in [5.41, 5.74) is 1.35. The van der Waals surface area contributed by atoms with Gasteiger partial charge < -0.3 is 15.4 Å². The molecule has 0 unspecified atom stereocenters. The molecule has 0 heterocycles. The van der Waals surface area contributed by atoms with E-state index in [2.05, 4.69) is 10.6 Å². The van der Waals surface area contributed by atoms with Crippen LogP contribution in [0, 0.1) is 0 Å². The molecule has 3 aromatic rings. The van der Waals surface area contributed by atoms with E-state index in [1.807, 2.05) is 24.3 Å². The number of carbonyl (C=O) groups excluding carboxylic acids is 3. The number of hydrogen-bond acceptors (Lipinski definition) is 4. The maximum absolute atomic E-state index is 13.0. The molecular formula is C24H22N2O4. The zero-order valence-corrected chi connectivity index (χ0v) is 16.6. The van der Waals surface area contributed by atoms with Crippen molar-refractivity contribution >= 4 is 34.1 Å². The van der Waals surface area contributed by atoms with Crippen LogP contribution >= 0.6 is 0 Å². The zero-order valence-electron chi connectivity index (χ0n) is 16.6. The molecule has 4 rings (SSSR count). The molecular weight excluding hydrogens is 380 g/mol. The molecule has 0 spiro atoms. The number of amides is 2. The van der Waals surface area contributed by atoms with Crippen LogP contribution in [0.2, 0.25) is 0 Å². The van der Waals surface area contributed by atoms with Crippen molar-refractivity contribution < 1.29 is 19.1 Å². The van der Waals surface area contributed by atoms with E-state index in [0.717, 1.165) is 23.6 Å². The summed E-state index contributed by atoms with van der Waals surface area (Å²) in [4.78, 5) is 36.7. The Balaban J connectivity index is 1.60. The number of anilines is 1. The van der Waals surface area contributed by atoms with Crippen molar-refractivity contribution in [3.05, 3.63) is 71.8 Å². The topological polar surface area (TPSA) is 84.5 Å². The number of hydrogen-bond donors (Lipinski definition) is 2. The SMILES string of the molecule is CC(=O)c1cccc(NC(=O)c2cc3ccccc3cc2OCC(=O)NC2CC2)c1. The quantitative estimate of drug-likeness (QED) is 0.586. The lowest BCUT2D eigenvalue weighted by atomic mass is 10.0. The van der Waals surface area contributed by atoms with Crippen molar-refractivity contribution in [2.24, 2.45) is 0 Å². The third-order valence-corrected chi connectivity index (χ3v) is 4.92. The highest BCUT2D eigenvalue weighted by Gasteiger charge is 2.23. The predicted octanol–water partition coefficient (Wildman–Crippen LogP) is 3.95. The van der Waals surface area contributed by atoms with Crippen LogP contribution in [-0.2, 0) is 4.79 Å². The first-order valence-corrected chi connectivity index (χ1v) is 9.87. The molecule has 152 valence electrons. The van der Waals surface area contributed by atoms with Crippen LogP contribution in [-0.4, -0.2) is 30.2 Å². The summed E-state index contributed by atoms with van der Waals surface area (Å²) in [7, 11) is 0. The van der Waals surface area contributed by atoms with Gasteiger partial charge in [0.15, 0.2) is 12.4 Å². The minimum absolute atomic E-state index is 0.0810. The number of fused-ring (bicyclic) bond motifs is 1. The maximum Gasteiger partial charge on any atom is 0.259 e. The standard InChI is InChI=1S/C24H22N2O4/c1-15(27)16-7-4-8-20(11-16)26-24(29)21-12-17-5-2-3-6-18(17)13-22(21)30-14-23(28)25-19-9-10-19/h2-8,11-13,19H,9-10,14H2,1H3,(H,25,28)(H,26,29). The maximum atomic E-state index is 13.0. The Kier molecular flexibility index (Phi) is 5.48. The summed E-state index contributed by atoms with van der Waals surface area (Å²) in [6.07, 6.45) is 1.99. The summed E-state index contributed by atoms with van der Waals surface area (Å²) in [5, 5.41) is 7.48. The average Bonchev–Trinajstić information content (AvgIpc) is 3.55. The van der Waals surface area contributed by atoms with Crippen molar-refractivity contribution in [1.82, 2.24) is 5.32 Å². The van der Waals surface area contributed by atoms with Gasteiger partial charge in [-0.2, -0.15) is 0 Å². The van der Waals surface area contributed by atoms with Gasteiger partial charge in [-0.3, -0.25) is 14.4 Å². The van der Waals surface area contributed by atoms with Gasteiger partial charge in [0.2, 0.25) is 0 Å². The highest BCUT2D eigenvalue weighted by molar-refractivity contribution is 6.09. The summed E-state index contributed by atoms with van der Waals surface area (Å²) >= 11 is 0. The molecule has 0 saturated heterocycles. The highest BCUT2D eigenvalue weighted by Crippen LogP contribution is 2.27. The van der Waals surface area contributed by atoms with Gasteiger partial charge in [0.1, 0.15) is 5.75 Å². The fraction of sp³-hybridized carbons (Fsp3) is 0.208. The number of nitrogens with one attached hydrogen (secondary N) is 2. The van der Waals surface area contributed by atoms with Gasteiger partial charge in [-0.15, -0.1) is 0 Å². The molecule has 1 fully saturated rings. The normalized spacial score (nSPS) is 13.0. The fourth-order valence-electron chi connectivity index (χ4n) is 3.17. The lowest BCUT2D eigenvalue weighted by Gasteiger charge is -2.14. The predicted molar refractivity (Wildman–Crippen MR) is 115 cm³/mol. The monoisotopic (exact) mass is 402 g/mol. The van der Waals surface area contributed by atoms with Crippen LogP contribution in [0.15, 0.2) is 60.7 Å². The van der Waals surface area contributed by atoms with Gasteiger partial charge in [-0.25, -0.2) is 0 Å². The van der Waals surface area contributed by atoms with Crippen LogP contribution in [0.25, 0.3) is 10.8 Å². The number of ketones is 1. The number of benzene rings is 3. The summed E-state index contributed by atoms with van der Waals surface area (Å²) in [6, 6.07) is 18.1. The Morgan fingerprint density at radius 3 is 2.40 bits per heavy atom. The molecule has 6 nitrogen and oxygen atoms in total. The molecule has 0 aromatic heterocycles. The van der Waals surface area contributed by atoms with E-state index in [9.17, 15) is 14.4 Å². The average molecular weight is 402 g/mol. The molecule has 2 amide bonds. The molecule has 0 atom stereocenters. The zero-order chi connectivity index (χ0) is 21.1. The van der Waals surface area contributed by atoms with Crippen LogP contribution in [0.5, 0.6) is 5.75 Å². The number of rotatable bonds is 7. The summed E-state index contributed by atoms with van der Waals surface area (Å²) in [5.74, 6) is -0.326. The first kappa shape index (κ1) is 19.6. The molecule has 3 aromatic carbocycles. The van der Waals surface area contributed by atoms with Gasteiger partial charge in [-0.05, 0) is 54.8 Å². The second-order valence-corrected chi connectivity index (χ2v) is 7.42. The fourth-order valence-corrected chi connectivity index (χ4v) is 3.17. The van der Waals surface area contributed by atoms with Gasteiger partial charge >= 0.3 is 0 Å². The molecule has 0 radical (unpaired) electrons. The Labute approximate surface area is 174 Å². The van der Waals surface area contributed by atoms with E-state index in [4.69, 9.17) is 4.74 Å². The Hall–Kier alpha value is -3.67. The van der Waals surface area contributed by atoms with Gasteiger partial charge in [0.25, 0.3) is 11.8 Å². The number of ether oxygens (including phenoxy) is 1. The van der Waals surface area contributed by atoms with Crippen molar-refractivity contribution in [3.8, 4) is 5.75 Å². The second-order valence-electron chi connectivity index (χ2n) is 7.42. The highest BCUT2D eigenvalue weighted by atomic mass is 16.5.